The van der Waals surface area contributed by atoms with Crippen LogP contribution in [0.4, 0.5) is 4.39 Å². The normalized spacial score (nSPS) is 10.7. The van der Waals surface area contributed by atoms with Gasteiger partial charge in [0.15, 0.2) is 17.6 Å². The van der Waals surface area contributed by atoms with Crippen LogP contribution in [0.3, 0.4) is 0 Å². The Morgan fingerprint density at radius 1 is 0.943 bits per heavy atom. The Hall–Kier alpha value is -3.98. The first-order valence-corrected chi connectivity index (χ1v) is 11.8. The van der Waals surface area contributed by atoms with Crippen LogP contribution in [0.2, 0.25) is 0 Å². The van der Waals surface area contributed by atoms with Crippen molar-refractivity contribution in [3.8, 4) is 17.1 Å². The van der Waals surface area contributed by atoms with Gasteiger partial charge in [-0.1, -0.05) is 78.5 Å². The summed E-state index contributed by atoms with van der Waals surface area (Å²) in [5, 5.41) is 9.13. The molecule has 0 spiro atoms. The third-order valence-corrected chi connectivity index (χ3v) is 6.05. The molecular formula is C26H23FN4O3S. The second-order valence-electron chi connectivity index (χ2n) is 7.63. The highest BCUT2D eigenvalue weighted by molar-refractivity contribution is 7.99. The molecule has 0 atom stereocenters. The molecule has 0 aliphatic carbocycles. The Bertz CT molecular complexity index is 1300. The van der Waals surface area contributed by atoms with Gasteiger partial charge in [0, 0.05) is 30.4 Å². The van der Waals surface area contributed by atoms with Crippen LogP contribution in [0.5, 0.6) is 0 Å². The first-order chi connectivity index (χ1) is 17.0. The van der Waals surface area contributed by atoms with E-state index in [4.69, 9.17) is 4.74 Å². The Balaban J connectivity index is 1.38. The molecule has 0 bridgehead atoms. The summed E-state index contributed by atoms with van der Waals surface area (Å²) in [5.41, 5.74) is 2.14. The molecule has 1 heterocycles. The van der Waals surface area contributed by atoms with Crippen LogP contribution in [0.15, 0.2) is 90.1 Å². The molecule has 1 aromatic heterocycles. The largest absolute Gasteiger partial charge is 0.455 e. The fraction of sp³-hybridized carbons (Fsp3) is 0.154. The lowest BCUT2D eigenvalue weighted by Gasteiger charge is -2.17. The Morgan fingerprint density at radius 3 is 2.31 bits per heavy atom. The number of amides is 1. The SMILES string of the molecule is CN(Cc1ccccc1F)C(=O)COC(=O)CSc1nnc(-c2ccccc2)n1-c1ccccc1. The van der Waals surface area contributed by atoms with Crippen molar-refractivity contribution in [2.75, 3.05) is 19.4 Å². The van der Waals surface area contributed by atoms with Crippen molar-refractivity contribution < 1.29 is 18.7 Å². The maximum absolute atomic E-state index is 13.8. The maximum Gasteiger partial charge on any atom is 0.316 e. The van der Waals surface area contributed by atoms with Crippen LogP contribution in [0, 0.1) is 5.82 Å². The zero-order chi connectivity index (χ0) is 24.6. The first-order valence-electron chi connectivity index (χ1n) is 10.8. The van der Waals surface area contributed by atoms with Crippen molar-refractivity contribution in [3.63, 3.8) is 0 Å². The number of aromatic nitrogens is 3. The molecule has 0 N–H and O–H groups in total. The number of halogens is 1. The molecule has 0 saturated heterocycles. The minimum absolute atomic E-state index is 0.0515. The number of esters is 1. The number of rotatable bonds is 9. The summed E-state index contributed by atoms with van der Waals surface area (Å²) in [5.74, 6) is -0.781. The minimum atomic E-state index is -0.563. The standard InChI is InChI=1S/C26H23FN4O3S/c1-30(16-20-12-8-9-15-22(20)27)23(32)17-34-24(33)18-35-26-29-28-25(19-10-4-2-5-11-19)31(26)21-13-6-3-7-14-21/h2-15H,16-18H2,1H3. The minimum Gasteiger partial charge on any atom is -0.455 e. The van der Waals surface area contributed by atoms with E-state index in [1.807, 2.05) is 65.2 Å². The number of carbonyl (C=O) groups excluding carboxylic acids is 2. The summed E-state index contributed by atoms with van der Waals surface area (Å²) in [6, 6.07) is 25.5. The fourth-order valence-electron chi connectivity index (χ4n) is 3.34. The lowest BCUT2D eigenvalue weighted by molar-refractivity contribution is -0.149. The third kappa shape index (κ3) is 6.13. The lowest BCUT2D eigenvalue weighted by atomic mass is 10.2. The zero-order valence-electron chi connectivity index (χ0n) is 19.0. The van der Waals surface area contributed by atoms with Crippen LogP contribution in [0.1, 0.15) is 5.56 Å². The third-order valence-electron chi connectivity index (χ3n) is 5.15. The molecule has 4 rings (SSSR count). The highest BCUT2D eigenvalue weighted by Gasteiger charge is 2.19. The predicted molar refractivity (Wildman–Crippen MR) is 131 cm³/mol. The quantitative estimate of drug-likeness (QED) is 0.256. The molecule has 9 heteroatoms. The zero-order valence-corrected chi connectivity index (χ0v) is 19.8. The molecule has 0 fully saturated rings. The molecule has 35 heavy (non-hydrogen) atoms. The van der Waals surface area contributed by atoms with Gasteiger partial charge in [0.05, 0.1) is 5.75 Å². The number of carbonyl (C=O) groups is 2. The van der Waals surface area contributed by atoms with Crippen molar-refractivity contribution in [1.82, 2.24) is 19.7 Å². The van der Waals surface area contributed by atoms with E-state index < -0.39 is 24.3 Å². The summed E-state index contributed by atoms with van der Waals surface area (Å²) in [4.78, 5) is 26.0. The van der Waals surface area contributed by atoms with Crippen molar-refractivity contribution in [1.29, 1.82) is 0 Å². The second kappa shape index (κ2) is 11.4. The highest BCUT2D eigenvalue weighted by Crippen LogP contribution is 2.27. The van der Waals surface area contributed by atoms with Crippen molar-refractivity contribution >= 4 is 23.6 Å². The summed E-state index contributed by atoms with van der Waals surface area (Å²) < 4.78 is 20.8. The fourth-order valence-corrected chi connectivity index (χ4v) is 4.09. The Morgan fingerprint density at radius 2 is 1.60 bits per heavy atom. The van der Waals surface area contributed by atoms with Crippen LogP contribution < -0.4 is 0 Å². The highest BCUT2D eigenvalue weighted by atomic mass is 32.2. The van der Waals surface area contributed by atoms with E-state index in [0.29, 0.717) is 16.5 Å². The molecule has 0 unspecified atom stereocenters. The van der Waals surface area contributed by atoms with Gasteiger partial charge in [-0.15, -0.1) is 10.2 Å². The molecule has 0 saturated carbocycles. The van der Waals surface area contributed by atoms with Gasteiger partial charge in [-0.25, -0.2) is 4.39 Å². The van der Waals surface area contributed by atoms with Gasteiger partial charge < -0.3 is 9.64 Å². The second-order valence-corrected chi connectivity index (χ2v) is 8.58. The molecule has 178 valence electrons. The van der Waals surface area contributed by atoms with Crippen LogP contribution in [0.25, 0.3) is 17.1 Å². The number of likely N-dealkylation sites (N-methyl/N-ethyl adjacent to an activating group) is 1. The number of para-hydroxylation sites is 1. The molecule has 1 amide bonds. The molecule has 0 aliphatic heterocycles. The summed E-state index contributed by atoms with van der Waals surface area (Å²) in [6.07, 6.45) is 0. The lowest BCUT2D eigenvalue weighted by Crippen LogP contribution is -2.31. The van der Waals surface area contributed by atoms with Crippen LogP contribution >= 0.6 is 11.8 Å². The molecular weight excluding hydrogens is 467 g/mol. The van der Waals surface area contributed by atoms with Gasteiger partial charge in [-0.3, -0.25) is 14.2 Å². The number of hydrogen-bond donors (Lipinski definition) is 0. The number of benzene rings is 3. The number of thioether (sulfide) groups is 1. The van der Waals surface area contributed by atoms with E-state index in [0.717, 1.165) is 11.3 Å². The van der Waals surface area contributed by atoms with E-state index in [9.17, 15) is 14.0 Å². The number of nitrogens with zero attached hydrogens (tertiary/aromatic N) is 4. The number of hydrogen-bond acceptors (Lipinski definition) is 6. The molecule has 3 aromatic carbocycles. The first kappa shape index (κ1) is 24.2. The molecule has 4 aromatic rings. The van der Waals surface area contributed by atoms with E-state index in [-0.39, 0.29) is 12.3 Å². The summed E-state index contributed by atoms with van der Waals surface area (Å²) in [6.45, 7) is -0.342. The van der Waals surface area contributed by atoms with E-state index in [1.165, 1.54) is 29.8 Å². The number of ether oxygens (including phenoxy) is 1. The van der Waals surface area contributed by atoms with Gasteiger partial charge in [0.1, 0.15) is 5.82 Å². The van der Waals surface area contributed by atoms with Gasteiger partial charge in [0.2, 0.25) is 0 Å². The monoisotopic (exact) mass is 490 g/mol. The average molecular weight is 491 g/mol. The topological polar surface area (TPSA) is 77.3 Å². The van der Waals surface area contributed by atoms with Crippen molar-refractivity contribution in [3.05, 3.63) is 96.3 Å². The Labute approximate surface area is 206 Å². The van der Waals surface area contributed by atoms with E-state index in [2.05, 4.69) is 10.2 Å². The van der Waals surface area contributed by atoms with Gasteiger partial charge >= 0.3 is 5.97 Å². The van der Waals surface area contributed by atoms with Crippen LogP contribution in [-0.2, 0) is 20.9 Å². The molecule has 0 aliphatic rings. The van der Waals surface area contributed by atoms with Crippen molar-refractivity contribution in [2.45, 2.75) is 11.7 Å². The average Bonchev–Trinajstić information content (AvgIpc) is 3.32. The smallest absolute Gasteiger partial charge is 0.316 e. The summed E-state index contributed by atoms with van der Waals surface area (Å²) >= 11 is 1.17. The summed E-state index contributed by atoms with van der Waals surface area (Å²) in [7, 11) is 1.53. The predicted octanol–water partition coefficient (Wildman–Crippen LogP) is 4.37. The van der Waals surface area contributed by atoms with Crippen LogP contribution in [-0.4, -0.2) is 50.9 Å². The van der Waals surface area contributed by atoms with E-state index in [1.54, 1.807) is 18.2 Å². The van der Waals surface area contributed by atoms with Gasteiger partial charge in [-0.05, 0) is 18.2 Å². The maximum atomic E-state index is 13.8. The molecule has 0 radical (unpaired) electrons. The Kier molecular flexibility index (Phi) is 7.89. The van der Waals surface area contributed by atoms with Crippen molar-refractivity contribution in [2.24, 2.45) is 0 Å². The molecule has 7 nitrogen and oxygen atoms in total. The van der Waals surface area contributed by atoms with E-state index >= 15 is 0 Å². The van der Waals surface area contributed by atoms with Gasteiger partial charge in [0.25, 0.3) is 5.91 Å². The van der Waals surface area contributed by atoms with Gasteiger partial charge in [-0.2, -0.15) is 0 Å².